The molecule has 0 radical (unpaired) electrons. The molecule has 2 aromatic rings. The molecule has 0 aliphatic heterocycles. The van der Waals surface area contributed by atoms with Crippen molar-refractivity contribution in [3.8, 4) is 0 Å². The highest BCUT2D eigenvalue weighted by atomic mass is 35.5. The van der Waals surface area contributed by atoms with Crippen molar-refractivity contribution in [2.45, 2.75) is 63.4 Å². The van der Waals surface area contributed by atoms with E-state index in [1.165, 1.54) is 30.3 Å². The van der Waals surface area contributed by atoms with Crippen molar-refractivity contribution in [3.05, 3.63) is 69.5 Å². The first kappa shape index (κ1) is 25.9. The molecule has 1 N–H and O–H groups in total. The fourth-order valence-electron chi connectivity index (χ4n) is 3.91. The number of carbonyl (C=O) groups is 2. The smallest absolute Gasteiger partial charge is 0.242 e. The van der Waals surface area contributed by atoms with Gasteiger partial charge in [-0.25, -0.2) is 4.39 Å². The Balaban J connectivity index is 1.65. The van der Waals surface area contributed by atoms with Crippen molar-refractivity contribution < 1.29 is 14.0 Å². The Labute approximate surface area is 209 Å². The highest BCUT2D eigenvalue weighted by molar-refractivity contribution is 7.99. The minimum Gasteiger partial charge on any atom is -0.352 e. The number of hydrogen-bond donors (Lipinski definition) is 1. The first-order valence-corrected chi connectivity index (χ1v) is 13.1. The Kier molecular flexibility index (Phi) is 9.90. The van der Waals surface area contributed by atoms with Gasteiger partial charge in [0.1, 0.15) is 11.9 Å². The Morgan fingerprint density at radius 3 is 2.39 bits per heavy atom. The largest absolute Gasteiger partial charge is 0.352 e. The fraction of sp³-hybridized carbons (Fsp3) is 0.440. The number of hydrogen-bond acceptors (Lipinski definition) is 3. The van der Waals surface area contributed by atoms with Crippen molar-refractivity contribution in [1.29, 1.82) is 0 Å². The zero-order valence-electron chi connectivity index (χ0n) is 18.7. The molecular weight excluding hydrogens is 482 g/mol. The lowest BCUT2D eigenvalue weighted by Crippen LogP contribution is -2.50. The van der Waals surface area contributed by atoms with Crippen LogP contribution in [0.3, 0.4) is 0 Å². The van der Waals surface area contributed by atoms with Gasteiger partial charge in [0.25, 0.3) is 0 Å². The van der Waals surface area contributed by atoms with Gasteiger partial charge in [-0.2, -0.15) is 0 Å². The Morgan fingerprint density at radius 2 is 1.73 bits per heavy atom. The van der Waals surface area contributed by atoms with Gasteiger partial charge in [0, 0.05) is 18.3 Å². The molecule has 1 atom stereocenters. The summed E-state index contributed by atoms with van der Waals surface area (Å²) in [6.45, 7) is 1.99. The lowest BCUT2D eigenvalue weighted by atomic mass is 9.95. The van der Waals surface area contributed by atoms with Crippen LogP contribution < -0.4 is 5.32 Å². The highest BCUT2D eigenvalue weighted by Crippen LogP contribution is 2.25. The molecule has 0 spiro atoms. The molecule has 0 unspecified atom stereocenters. The lowest BCUT2D eigenvalue weighted by Gasteiger charge is -2.31. The van der Waals surface area contributed by atoms with Crippen LogP contribution in [0.4, 0.5) is 4.39 Å². The van der Waals surface area contributed by atoms with E-state index in [2.05, 4.69) is 5.32 Å². The number of halogens is 3. The lowest BCUT2D eigenvalue weighted by molar-refractivity contribution is -0.139. The van der Waals surface area contributed by atoms with E-state index in [0.717, 1.165) is 36.8 Å². The van der Waals surface area contributed by atoms with Gasteiger partial charge in [-0.3, -0.25) is 9.59 Å². The number of nitrogens with zero attached hydrogens (tertiary/aromatic N) is 1. The average molecular weight is 511 g/mol. The van der Waals surface area contributed by atoms with Gasteiger partial charge in [-0.1, -0.05) is 60.7 Å². The van der Waals surface area contributed by atoms with Gasteiger partial charge in [-0.05, 0) is 55.2 Å². The van der Waals surface area contributed by atoms with E-state index in [0.29, 0.717) is 15.8 Å². The van der Waals surface area contributed by atoms with E-state index in [9.17, 15) is 14.0 Å². The van der Waals surface area contributed by atoms with Crippen LogP contribution in [0.25, 0.3) is 0 Å². The minimum absolute atomic E-state index is 0.143. The van der Waals surface area contributed by atoms with Crippen LogP contribution in [0.2, 0.25) is 10.0 Å². The number of rotatable bonds is 9. The molecule has 33 heavy (non-hydrogen) atoms. The van der Waals surface area contributed by atoms with E-state index >= 15 is 0 Å². The fourth-order valence-corrected chi connectivity index (χ4v) is 5.08. The molecule has 0 heterocycles. The summed E-state index contributed by atoms with van der Waals surface area (Å²) in [5.41, 5.74) is 1.74. The maximum absolute atomic E-state index is 13.3. The van der Waals surface area contributed by atoms with Crippen molar-refractivity contribution in [3.63, 3.8) is 0 Å². The molecule has 3 rings (SSSR count). The van der Waals surface area contributed by atoms with Crippen LogP contribution >= 0.6 is 35.0 Å². The minimum atomic E-state index is -0.630. The van der Waals surface area contributed by atoms with E-state index in [4.69, 9.17) is 23.2 Å². The van der Waals surface area contributed by atoms with Crippen LogP contribution in [0, 0.1) is 5.82 Å². The summed E-state index contributed by atoms with van der Waals surface area (Å²) in [4.78, 5) is 27.7. The summed E-state index contributed by atoms with van der Waals surface area (Å²) >= 11 is 13.5. The third-order valence-corrected chi connectivity index (χ3v) is 7.59. The van der Waals surface area contributed by atoms with Crippen LogP contribution in [-0.2, 0) is 21.9 Å². The summed E-state index contributed by atoms with van der Waals surface area (Å²) in [5, 5.41) is 4.08. The number of amides is 2. The van der Waals surface area contributed by atoms with Gasteiger partial charge < -0.3 is 10.2 Å². The molecule has 1 fully saturated rings. The summed E-state index contributed by atoms with van der Waals surface area (Å²) in [7, 11) is 0. The molecule has 1 aliphatic carbocycles. The maximum Gasteiger partial charge on any atom is 0.242 e. The molecule has 1 aliphatic rings. The number of benzene rings is 2. The van der Waals surface area contributed by atoms with E-state index in [1.807, 2.05) is 6.07 Å². The summed E-state index contributed by atoms with van der Waals surface area (Å²) < 4.78 is 13.3. The van der Waals surface area contributed by atoms with Crippen molar-refractivity contribution in [1.82, 2.24) is 10.2 Å². The molecule has 1 saturated carbocycles. The summed E-state index contributed by atoms with van der Waals surface area (Å²) in [6, 6.07) is 11.0. The topological polar surface area (TPSA) is 49.4 Å². The Bertz CT molecular complexity index is 952. The molecule has 4 nitrogen and oxygen atoms in total. The average Bonchev–Trinajstić information content (AvgIpc) is 2.81. The van der Waals surface area contributed by atoms with Gasteiger partial charge in [0.05, 0.1) is 15.8 Å². The summed E-state index contributed by atoms with van der Waals surface area (Å²) in [5.74, 6) is 0.178. The standard InChI is InChI=1S/C25H29Cl2FN2O2S/c1-17(25(32)29-21-5-3-2-4-6-21)30(14-18-7-10-20(28)11-8-18)24(31)16-33-15-19-9-12-22(26)23(27)13-19/h7-13,17,21H,2-6,14-16H2,1H3,(H,29,32)/t17-/m0/s1. The quantitative estimate of drug-likeness (QED) is 0.434. The third kappa shape index (κ3) is 7.90. The number of thioether (sulfide) groups is 1. The molecule has 8 heteroatoms. The second-order valence-electron chi connectivity index (χ2n) is 8.41. The highest BCUT2D eigenvalue weighted by Gasteiger charge is 2.28. The second-order valence-corrected chi connectivity index (χ2v) is 10.2. The molecule has 0 aromatic heterocycles. The number of nitrogens with one attached hydrogen (secondary N) is 1. The number of carbonyl (C=O) groups excluding carboxylic acids is 2. The van der Waals surface area contributed by atoms with Gasteiger partial charge in [0.2, 0.25) is 11.8 Å². The Morgan fingerprint density at radius 1 is 1.06 bits per heavy atom. The van der Waals surface area contributed by atoms with Crippen LogP contribution in [0.1, 0.15) is 50.2 Å². The van der Waals surface area contributed by atoms with E-state index in [1.54, 1.807) is 36.1 Å². The monoisotopic (exact) mass is 510 g/mol. The van der Waals surface area contributed by atoms with Crippen molar-refractivity contribution in [2.24, 2.45) is 0 Å². The molecular formula is C25H29Cl2FN2O2S. The molecule has 0 bridgehead atoms. The zero-order chi connectivity index (χ0) is 23.8. The molecule has 2 aromatic carbocycles. The van der Waals surface area contributed by atoms with Crippen molar-refractivity contribution in [2.75, 3.05) is 5.75 Å². The van der Waals surface area contributed by atoms with Crippen LogP contribution in [0.15, 0.2) is 42.5 Å². The van der Waals surface area contributed by atoms with Crippen LogP contribution in [-0.4, -0.2) is 34.6 Å². The van der Waals surface area contributed by atoms with Crippen LogP contribution in [0.5, 0.6) is 0 Å². The van der Waals surface area contributed by atoms with E-state index < -0.39 is 6.04 Å². The van der Waals surface area contributed by atoms with Crippen molar-refractivity contribution >= 4 is 46.8 Å². The predicted molar refractivity (Wildman–Crippen MR) is 134 cm³/mol. The molecule has 0 saturated heterocycles. The predicted octanol–water partition coefficient (Wildman–Crippen LogP) is 6.23. The SMILES string of the molecule is C[C@@H](C(=O)NC1CCCCC1)N(Cc1ccc(F)cc1)C(=O)CSCc1ccc(Cl)c(Cl)c1. The Hall–Kier alpha value is -1.76. The molecule has 2 amide bonds. The first-order valence-electron chi connectivity index (χ1n) is 11.2. The third-order valence-electron chi connectivity index (χ3n) is 5.86. The second kappa shape index (κ2) is 12.6. The molecule has 178 valence electrons. The summed E-state index contributed by atoms with van der Waals surface area (Å²) in [6.07, 6.45) is 5.38. The normalized spacial score (nSPS) is 15.2. The van der Waals surface area contributed by atoms with Gasteiger partial charge >= 0.3 is 0 Å². The van der Waals surface area contributed by atoms with Gasteiger partial charge in [0.15, 0.2) is 0 Å². The van der Waals surface area contributed by atoms with Gasteiger partial charge in [-0.15, -0.1) is 11.8 Å². The van der Waals surface area contributed by atoms with E-state index in [-0.39, 0.29) is 36.0 Å². The zero-order valence-corrected chi connectivity index (χ0v) is 21.0. The first-order chi connectivity index (χ1) is 15.8. The maximum atomic E-state index is 13.3.